The monoisotopic (exact) mass is 389 g/mol. The van der Waals surface area contributed by atoms with Crippen molar-refractivity contribution in [1.82, 2.24) is 9.78 Å². The fraction of sp³-hybridized carbons (Fsp3) is 0.158. The van der Waals surface area contributed by atoms with E-state index in [9.17, 15) is 18.0 Å². The number of benzene rings is 2. The van der Waals surface area contributed by atoms with Gasteiger partial charge in [-0.1, -0.05) is 12.1 Å². The Morgan fingerprint density at radius 3 is 2.79 bits per heavy atom. The fourth-order valence-electron chi connectivity index (χ4n) is 2.79. The number of nitrogens with zero attached hydrogens (tertiary/aromatic N) is 2. The molecule has 1 N–H and O–H groups in total. The Hall–Kier alpha value is -3.49. The van der Waals surface area contributed by atoms with Crippen molar-refractivity contribution in [2.45, 2.75) is 12.7 Å². The second kappa shape index (κ2) is 6.91. The summed E-state index contributed by atoms with van der Waals surface area (Å²) in [5.41, 5.74) is 0.546. The number of hydrogen-bond donors (Lipinski definition) is 1. The van der Waals surface area contributed by atoms with Crippen LogP contribution in [0.1, 0.15) is 21.5 Å². The summed E-state index contributed by atoms with van der Waals surface area (Å²) < 4.78 is 50.3. The molecule has 0 atom stereocenters. The zero-order chi connectivity index (χ0) is 19.7. The smallest absolute Gasteiger partial charge is 0.416 e. The van der Waals surface area contributed by atoms with Gasteiger partial charge in [-0.15, -0.1) is 0 Å². The van der Waals surface area contributed by atoms with E-state index in [1.807, 2.05) is 0 Å². The number of nitrogens with one attached hydrogen (secondary N) is 1. The van der Waals surface area contributed by atoms with Gasteiger partial charge in [0.2, 0.25) is 6.79 Å². The van der Waals surface area contributed by atoms with Gasteiger partial charge in [0.05, 0.1) is 24.0 Å². The van der Waals surface area contributed by atoms with Gasteiger partial charge >= 0.3 is 6.18 Å². The number of carbonyl (C=O) groups excluding carboxylic acids is 1. The molecule has 0 unspecified atom stereocenters. The van der Waals surface area contributed by atoms with Crippen LogP contribution < -0.4 is 14.8 Å². The van der Waals surface area contributed by atoms with Gasteiger partial charge in [0.25, 0.3) is 5.91 Å². The number of anilines is 1. The number of carbonyl (C=O) groups is 1. The van der Waals surface area contributed by atoms with E-state index in [0.29, 0.717) is 28.3 Å². The molecule has 4 rings (SSSR count). The number of hydrogen-bond acceptors (Lipinski definition) is 4. The first kappa shape index (κ1) is 17.9. The van der Waals surface area contributed by atoms with Crippen molar-refractivity contribution in [2.24, 2.45) is 0 Å². The van der Waals surface area contributed by atoms with Gasteiger partial charge in [-0.05, 0) is 35.9 Å². The highest BCUT2D eigenvalue weighted by atomic mass is 19.4. The molecule has 0 fully saturated rings. The van der Waals surface area contributed by atoms with E-state index < -0.39 is 11.7 Å². The van der Waals surface area contributed by atoms with E-state index in [4.69, 9.17) is 9.47 Å². The third kappa shape index (κ3) is 3.78. The lowest BCUT2D eigenvalue weighted by atomic mass is 10.1. The summed E-state index contributed by atoms with van der Waals surface area (Å²) in [5, 5.41) is 6.78. The van der Waals surface area contributed by atoms with Crippen LogP contribution in [0.2, 0.25) is 0 Å². The molecule has 9 heteroatoms. The van der Waals surface area contributed by atoms with Crippen LogP contribution in [0.15, 0.2) is 54.9 Å². The molecule has 0 saturated heterocycles. The Balaban J connectivity index is 1.44. The maximum atomic E-state index is 12.8. The molecule has 1 aromatic heterocycles. The van der Waals surface area contributed by atoms with Gasteiger partial charge in [-0.2, -0.15) is 18.3 Å². The number of rotatable bonds is 4. The Kier molecular flexibility index (Phi) is 4.42. The van der Waals surface area contributed by atoms with Crippen LogP contribution in [0.4, 0.5) is 18.9 Å². The van der Waals surface area contributed by atoms with E-state index in [-0.39, 0.29) is 19.2 Å². The maximum Gasteiger partial charge on any atom is 0.416 e. The third-order valence-electron chi connectivity index (χ3n) is 4.12. The van der Waals surface area contributed by atoms with Gasteiger partial charge in [-0.3, -0.25) is 9.48 Å². The second-order valence-corrected chi connectivity index (χ2v) is 6.15. The number of aromatic nitrogens is 2. The standard InChI is InChI=1S/C19H14F3N3O3/c20-19(21,22)14-3-1-2-12(6-14)9-25-10-15(8-23-25)24-18(26)13-4-5-16-17(7-13)28-11-27-16/h1-8,10H,9,11H2,(H,24,26). The van der Waals surface area contributed by atoms with Crippen molar-refractivity contribution in [3.05, 3.63) is 71.5 Å². The Labute approximate surface area is 157 Å². The normalized spacial score (nSPS) is 12.8. The molecular formula is C19H14F3N3O3. The first-order valence-corrected chi connectivity index (χ1v) is 8.28. The van der Waals surface area contributed by atoms with E-state index >= 15 is 0 Å². The molecule has 144 valence electrons. The summed E-state index contributed by atoms with van der Waals surface area (Å²) in [7, 11) is 0. The minimum atomic E-state index is -4.40. The molecule has 0 aliphatic carbocycles. The Morgan fingerprint density at radius 2 is 1.96 bits per heavy atom. The summed E-state index contributed by atoms with van der Waals surface area (Å²) in [6.07, 6.45) is -1.42. The lowest BCUT2D eigenvalue weighted by molar-refractivity contribution is -0.137. The highest BCUT2D eigenvalue weighted by Crippen LogP contribution is 2.33. The molecule has 6 nitrogen and oxygen atoms in total. The van der Waals surface area contributed by atoms with E-state index in [0.717, 1.165) is 12.1 Å². The van der Waals surface area contributed by atoms with Gasteiger partial charge < -0.3 is 14.8 Å². The summed E-state index contributed by atoms with van der Waals surface area (Å²) >= 11 is 0. The maximum absolute atomic E-state index is 12.8. The quantitative estimate of drug-likeness (QED) is 0.734. The van der Waals surface area contributed by atoms with Crippen molar-refractivity contribution < 1.29 is 27.4 Å². The number of fused-ring (bicyclic) bond motifs is 1. The predicted molar refractivity (Wildman–Crippen MR) is 93.3 cm³/mol. The van der Waals surface area contributed by atoms with Crippen LogP contribution in [0.25, 0.3) is 0 Å². The van der Waals surface area contributed by atoms with Gasteiger partial charge in [0, 0.05) is 11.8 Å². The molecular weight excluding hydrogens is 375 g/mol. The minimum absolute atomic E-state index is 0.114. The lowest BCUT2D eigenvalue weighted by Gasteiger charge is -2.08. The van der Waals surface area contributed by atoms with Crippen LogP contribution in [-0.4, -0.2) is 22.5 Å². The van der Waals surface area contributed by atoms with Gasteiger partial charge in [-0.25, -0.2) is 0 Å². The number of alkyl halides is 3. The SMILES string of the molecule is O=C(Nc1cnn(Cc2cccc(C(F)(F)F)c2)c1)c1ccc2c(c1)OCO2. The van der Waals surface area contributed by atoms with Crippen molar-refractivity contribution in [2.75, 3.05) is 12.1 Å². The summed E-state index contributed by atoms with van der Waals surface area (Å²) in [6.45, 7) is 0.256. The fourth-order valence-corrected chi connectivity index (χ4v) is 2.79. The molecule has 2 heterocycles. The number of amides is 1. The topological polar surface area (TPSA) is 65.4 Å². The molecule has 1 amide bonds. The molecule has 0 saturated carbocycles. The molecule has 0 spiro atoms. The molecule has 3 aromatic rings. The third-order valence-corrected chi connectivity index (χ3v) is 4.12. The predicted octanol–water partition coefficient (Wildman–Crippen LogP) is 3.93. The minimum Gasteiger partial charge on any atom is -0.454 e. The van der Waals surface area contributed by atoms with E-state index in [2.05, 4.69) is 10.4 Å². The zero-order valence-electron chi connectivity index (χ0n) is 14.4. The first-order chi connectivity index (χ1) is 13.4. The van der Waals surface area contributed by atoms with Crippen molar-refractivity contribution in [1.29, 1.82) is 0 Å². The van der Waals surface area contributed by atoms with Crippen LogP contribution in [0, 0.1) is 0 Å². The van der Waals surface area contributed by atoms with Crippen LogP contribution in [0.5, 0.6) is 11.5 Å². The van der Waals surface area contributed by atoms with Crippen LogP contribution >= 0.6 is 0 Å². The van der Waals surface area contributed by atoms with Crippen molar-refractivity contribution in [3.8, 4) is 11.5 Å². The van der Waals surface area contributed by atoms with E-state index in [1.54, 1.807) is 30.5 Å². The van der Waals surface area contributed by atoms with E-state index in [1.165, 1.54) is 16.9 Å². The number of halogens is 3. The molecule has 2 aromatic carbocycles. The average Bonchev–Trinajstić information content (AvgIpc) is 3.29. The largest absolute Gasteiger partial charge is 0.454 e. The number of ether oxygens (including phenoxy) is 2. The van der Waals surface area contributed by atoms with Crippen LogP contribution in [-0.2, 0) is 12.7 Å². The van der Waals surface area contributed by atoms with Crippen molar-refractivity contribution in [3.63, 3.8) is 0 Å². The Morgan fingerprint density at radius 1 is 1.14 bits per heavy atom. The highest BCUT2D eigenvalue weighted by molar-refractivity contribution is 6.04. The highest BCUT2D eigenvalue weighted by Gasteiger charge is 2.30. The van der Waals surface area contributed by atoms with Gasteiger partial charge in [0.1, 0.15) is 0 Å². The summed E-state index contributed by atoms with van der Waals surface area (Å²) in [4.78, 5) is 12.4. The van der Waals surface area contributed by atoms with Crippen molar-refractivity contribution >= 4 is 11.6 Å². The lowest BCUT2D eigenvalue weighted by Crippen LogP contribution is -2.11. The average molecular weight is 389 g/mol. The second-order valence-electron chi connectivity index (χ2n) is 6.15. The molecule has 1 aliphatic heterocycles. The Bertz CT molecular complexity index is 1030. The first-order valence-electron chi connectivity index (χ1n) is 8.28. The molecule has 1 aliphatic rings. The van der Waals surface area contributed by atoms with Gasteiger partial charge in [0.15, 0.2) is 11.5 Å². The zero-order valence-corrected chi connectivity index (χ0v) is 14.4. The molecule has 0 radical (unpaired) electrons. The summed E-state index contributed by atoms with van der Waals surface area (Å²) in [6, 6.07) is 9.86. The molecule has 0 bridgehead atoms. The summed E-state index contributed by atoms with van der Waals surface area (Å²) in [5.74, 6) is 0.704. The molecule has 28 heavy (non-hydrogen) atoms. The van der Waals surface area contributed by atoms with Crippen LogP contribution in [0.3, 0.4) is 0 Å².